The second kappa shape index (κ2) is 10.7. The van der Waals surface area contributed by atoms with E-state index in [0.717, 1.165) is 41.8 Å². The molecule has 3 N–H and O–H groups in total. The first-order valence-corrected chi connectivity index (χ1v) is 12.4. The molecule has 0 aromatic heterocycles. The number of benzene rings is 2. The Balaban J connectivity index is 1.74. The van der Waals surface area contributed by atoms with Crippen LogP contribution < -0.4 is 14.8 Å². The molecule has 1 heterocycles. The molecule has 1 aliphatic rings. The fourth-order valence-electron chi connectivity index (χ4n) is 3.94. The molecular formula is C23H30N2O5S. The van der Waals surface area contributed by atoms with Crippen molar-refractivity contribution in [3.8, 4) is 16.9 Å². The Kier molecular flexibility index (Phi) is 8.06. The molecule has 2 aromatic rings. The molecule has 3 rings (SSSR count). The van der Waals surface area contributed by atoms with Crippen LogP contribution in [0.3, 0.4) is 0 Å². The van der Waals surface area contributed by atoms with Crippen LogP contribution in [-0.2, 0) is 21.2 Å². The topological polar surface area (TPSA) is 105 Å². The van der Waals surface area contributed by atoms with Gasteiger partial charge in [-0.1, -0.05) is 42.5 Å². The SMILES string of the molecule is CS(=O)(=O)NC1CCCNC1Cc1cccc(-c2ccccc2OCCCC(=O)O)c1. The van der Waals surface area contributed by atoms with Crippen LogP contribution in [0, 0.1) is 0 Å². The smallest absolute Gasteiger partial charge is 0.303 e. The van der Waals surface area contributed by atoms with Crippen molar-refractivity contribution < 1.29 is 23.1 Å². The highest BCUT2D eigenvalue weighted by atomic mass is 32.2. The lowest BCUT2D eigenvalue weighted by Crippen LogP contribution is -2.54. The summed E-state index contributed by atoms with van der Waals surface area (Å²) in [5.74, 6) is -0.109. The summed E-state index contributed by atoms with van der Waals surface area (Å²) >= 11 is 0. The van der Waals surface area contributed by atoms with Gasteiger partial charge < -0.3 is 15.2 Å². The predicted molar refractivity (Wildman–Crippen MR) is 121 cm³/mol. The summed E-state index contributed by atoms with van der Waals surface area (Å²) in [5, 5.41) is 12.2. The third kappa shape index (κ3) is 7.34. The van der Waals surface area contributed by atoms with Crippen molar-refractivity contribution in [3.05, 3.63) is 54.1 Å². The number of carboxylic acid groups (broad SMARTS) is 1. The first kappa shape index (κ1) is 23.2. The van der Waals surface area contributed by atoms with Crippen LogP contribution in [0.2, 0.25) is 0 Å². The number of carboxylic acids is 1. The summed E-state index contributed by atoms with van der Waals surface area (Å²) < 4.78 is 32.1. The molecule has 0 aliphatic carbocycles. The van der Waals surface area contributed by atoms with E-state index >= 15 is 0 Å². The Morgan fingerprint density at radius 2 is 2.03 bits per heavy atom. The van der Waals surface area contributed by atoms with E-state index in [1.807, 2.05) is 42.5 Å². The lowest BCUT2D eigenvalue weighted by atomic mass is 9.92. The minimum Gasteiger partial charge on any atom is -0.493 e. The summed E-state index contributed by atoms with van der Waals surface area (Å²) in [6, 6.07) is 15.8. The van der Waals surface area contributed by atoms with Crippen LogP contribution in [-0.4, -0.2) is 51.0 Å². The number of ether oxygens (including phenoxy) is 1. The Morgan fingerprint density at radius 1 is 1.23 bits per heavy atom. The number of hydrogen-bond donors (Lipinski definition) is 3. The summed E-state index contributed by atoms with van der Waals surface area (Å²) in [6.45, 7) is 1.22. The fraction of sp³-hybridized carbons (Fsp3) is 0.435. The van der Waals surface area contributed by atoms with Gasteiger partial charge >= 0.3 is 5.97 Å². The number of hydrogen-bond acceptors (Lipinski definition) is 5. The molecule has 0 radical (unpaired) electrons. The zero-order valence-corrected chi connectivity index (χ0v) is 18.5. The van der Waals surface area contributed by atoms with Gasteiger partial charge in [-0.05, 0) is 49.4 Å². The molecule has 1 aliphatic heterocycles. The van der Waals surface area contributed by atoms with E-state index in [4.69, 9.17) is 9.84 Å². The molecule has 2 aromatic carbocycles. The molecule has 0 saturated carbocycles. The van der Waals surface area contributed by atoms with Crippen molar-refractivity contribution >= 4 is 16.0 Å². The third-order valence-electron chi connectivity index (χ3n) is 5.32. The molecule has 0 spiro atoms. The summed E-state index contributed by atoms with van der Waals surface area (Å²) in [6.07, 6.45) is 4.20. The molecule has 1 fully saturated rings. The van der Waals surface area contributed by atoms with Crippen molar-refractivity contribution in [1.82, 2.24) is 10.0 Å². The molecule has 1 saturated heterocycles. The quantitative estimate of drug-likeness (QED) is 0.485. The van der Waals surface area contributed by atoms with Gasteiger partial charge in [-0.2, -0.15) is 0 Å². The second-order valence-electron chi connectivity index (χ2n) is 7.95. The number of para-hydroxylation sites is 1. The van der Waals surface area contributed by atoms with Crippen molar-refractivity contribution in [2.75, 3.05) is 19.4 Å². The van der Waals surface area contributed by atoms with E-state index in [1.165, 1.54) is 6.26 Å². The Labute approximate surface area is 183 Å². The molecule has 0 bridgehead atoms. The van der Waals surface area contributed by atoms with E-state index in [1.54, 1.807) is 0 Å². The molecule has 168 valence electrons. The highest BCUT2D eigenvalue weighted by Crippen LogP contribution is 2.31. The van der Waals surface area contributed by atoms with Crippen LogP contribution in [0.5, 0.6) is 5.75 Å². The van der Waals surface area contributed by atoms with Crippen LogP contribution in [0.15, 0.2) is 48.5 Å². The van der Waals surface area contributed by atoms with Crippen LogP contribution >= 0.6 is 0 Å². The van der Waals surface area contributed by atoms with Crippen LogP contribution in [0.1, 0.15) is 31.2 Å². The zero-order chi connectivity index (χ0) is 22.3. The van der Waals surface area contributed by atoms with Gasteiger partial charge in [0.05, 0.1) is 12.9 Å². The Bertz CT molecular complexity index is 993. The highest BCUT2D eigenvalue weighted by molar-refractivity contribution is 7.88. The molecular weight excluding hydrogens is 416 g/mol. The number of rotatable bonds is 10. The monoisotopic (exact) mass is 446 g/mol. The minimum atomic E-state index is -3.27. The number of nitrogens with one attached hydrogen (secondary N) is 2. The number of sulfonamides is 1. The summed E-state index contributed by atoms with van der Waals surface area (Å²) in [5.41, 5.74) is 3.06. The maximum Gasteiger partial charge on any atom is 0.303 e. The minimum absolute atomic E-state index is 0.0289. The molecule has 2 unspecified atom stereocenters. The van der Waals surface area contributed by atoms with E-state index in [2.05, 4.69) is 16.1 Å². The van der Waals surface area contributed by atoms with Gasteiger partial charge in [0, 0.05) is 24.1 Å². The molecule has 31 heavy (non-hydrogen) atoms. The van der Waals surface area contributed by atoms with Gasteiger partial charge in [-0.25, -0.2) is 13.1 Å². The molecule has 0 amide bonds. The maximum absolute atomic E-state index is 11.7. The van der Waals surface area contributed by atoms with Gasteiger partial charge in [0.2, 0.25) is 10.0 Å². The summed E-state index contributed by atoms with van der Waals surface area (Å²) in [7, 11) is -3.27. The normalized spacial score (nSPS) is 19.1. The second-order valence-corrected chi connectivity index (χ2v) is 9.73. The van der Waals surface area contributed by atoms with Crippen molar-refractivity contribution in [1.29, 1.82) is 0 Å². The zero-order valence-electron chi connectivity index (χ0n) is 17.7. The van der Waals surface area contributed by atoms with Gasteiger partial charge in [-0.3, -0.25) is 4.79 Å². The van der Waals surface area contributed by atoms with Crippen molar-refractivity contribution in [3.63, 3.8) is 0 Å². The average molecular weight is 447 g/mol. The average Bonchev–Trinajstić information content (AvgIpc) is 2.72. The van der Waals surface area contributed by atoms with Crippen LogP contribution in [0.4, 0.5) is 0 Å². The highest BCUT2D eigenvalue weighted by Gasteiger charge is 2.27. The number of piperidine rings is 1. The Hall–Kier alpha value is -2.42. The lowest BCUT2D eigenvalue weighted by molar-refractivity contribution is -0.137. The fourth-order valence-corrected chi connectivity index (χ4v) is 4.77. The standard InChI is InChI=1S/C23H30N2O5S/c1-31(28,29)25-20-10-5-13-24-21(20)16-17-7-4-8-18(15-17)19-9-2-3-11-22(19)30-14-6-12-23(26)27/h2-4,7-9,11,15,20-21,24-25H,5-6,10,12-14,16H2,1H3,(H,26,27). The lowest BCUT2D eigenvalue weighted by Gasteiger charge is -2.33. The van der Waals surface area contributed by atoms with E-state index in [9.17, 15) is 13.2 Å². The maximum atomic E-state index is 11.7. The largest absolute Gasteiger partial charge is 0.493 e. The summed E-state index contributed by atoms with van der Waals surface area (Å²) in [4.78, 5) is 10.7. The Morgan fingerprint density at radius 3 is 2.81 bits per heavy atom. The van der Waals surface area contributed by atoms with E-state index in [0.29, 0.717) is 19.4 Å². The van der Waals surface area contributed by atoms with E-state index in [-0.39, 0.29) is 18.5 Å². The molecule has 7 nitrogen and oxygen atoms in total. The van der Waals surface area contributed by atoms with Gasteiger partial charge in [-0.15, -0.1) is 0 Å². The number of aliphatic carboxylic acids is 1. The first-order valence-electron chi connectivity index (χ1n) is 10.6. The van der Waals surface area contributed by atoms with E-state index < -0.39 is 16.0 Å². The van der Waals surface area contributed by atoms with Crippen molar-refractivity contribution in [2.45, 2.75) is 44.2 Å². The molecule has 2 atom stereocenters. The third-order valence-corrected chi connectivity index (χ3v) is 6.05. The number of carbonyl (C=O) groups is 1. The van der Waals surface area contributed by atoms with Gasteiger partial charge in [0.25, 0.3) is 0 Å². The first-order chi connectivity index (χ1) is 14.8. The predicted octanol–water partition coefficient (Wildman–Crippen LogP) is 2.81. The van der Waals surface area contributed by atoms with Gasteiger partial charge in [0.1, 0.15) is 5.75 Å². The van der Waals surface area contributed by atoms with Crippen molar-refractivity contribution in [2.24, 2.45) is 0 Å². The van der Waals surface area contributed by atoms with Crippen LogP contribution in [0.25, 0.3) is 11.1 Å². The molecule has 8 heteroatoms. The van der Waals surface area contributed by atoms with Gasteiger partial charge in [0.15, 0.2) is 0 Å².